The number of dihydropyridines is 1. The van der Waals surface area contributed by atoms with Gasteiger partial charge in [0.05, 0.1) is 23.6 Å². The van der Waals surface area contributed by atoms with Gasteiger partial charge in [0.15, 0.2) is 0 Å². The first-order chi connectivity index (χ1) is 15.5. The normalized spacial score (nSPS) is 17.2. The highest BCUT2D eigenvalue weighted by Gasteiger charge is 2.19. The number of ether oxygens (including phenoxy) is 1. The number of carbonyl (C=O) groups is 1. The predicted molar refractivity (Wildman–Crippen MR) is 129 cm³/mol. The SMILES string of the molecule is C=c1ccc(C2=C(c3cccc(C)n3)NC=CC2)c/c1=C/C(=C\C)C(=O)OCC1CNC1. The number of nitrogens with zero attached hydrogens (tertiary/aromatic N) is 1. The Balaban J connectivity index is 1.68. The Bertz CT molecular complexity index is 1220. The molecule has 3 heterocycles. The van der Waals surface area contributed by atoms with Crippen LogP contribution in [0.3, 0.4) is 0 Å². The highest BCUT2D eigenvalue weighted by Crippen LogP contribution is 2.28. The van der Waals surface area contributed by atoms with Gasteiger partial charge in [-0.2, -0.15) is 0 Å². The molecule has 0 aliphatic carbocycles. The fourth-order valence-corrected chi connectivity index (χ4v) is 3.77. The molecule has 0 saturated carbocycles. The third kappa shape index (κ3) is 4.89. The van der Waals surface area contributed by atoms with Gasteiger partial charge >= 0.3 is 5.97 Å². The fourth-order valence-electron chi connectivity index (χ4n) is 3.77. The fraction of sp³-hybridized carbons (Fsp3) is 0.259. The summed E-state index contributed by atoms with van der Waals surface area (Å²) >= 11 is 0. The van der Waals surface area contributed by atoms with E-state index in [1.54, 1.807) is 6.08 Å². The van der Waals surface area contributed by atoms with Crippen LogP contribution in [-0.4, -0.2) is 30.6 Å². The molecule has 2 aliphatic heterocycles. The van der Waals surface area contributed by atoms with Crippen molar-refractivity contribution in [2.45, 2.75) is 20.3 Å². The highest BCUT2D eigenvalue weighted by molar-refractivity contribution is 5.97. The Morgan fingerprint density at radius 1 is 1.28 bits per heavy atom. The molecule has 0 radical (unpaired) electrons. The molecule has 32 heavy (non-hydrogen) atoms. The van der Waals surface area contributed by atoms with E-state index in [9.17, 15) is 4.79 Å². The standard InChI is InChI=1S/C27H29N3O2/c1-4-21(27(31)32-17-20-15-28-16-20)13-23-14-22(11-10-18(23)2)24-8-6-12-29-26(24)25-9-5-7-19(3)30-25/h4-7,9-14,20,28-29H,2,8,15-17H2,1,3H3/b21-4+,23-13-. The van der Waals surface area contributed by atoms with Gasteiger partial charge in [0, 0.05) is 24.7 Å². The van der Waals surface area contributed by atoms with Crippen molar-refractivity contribution >= 4 is 29.9 Å². The first-order valence-electron chi connectivity index (χ1n) is 11.0. The average molecular weight is 428 g/mol. The third-order valence-electron chi connectivity index (χ3n) is 5.78. The first-order valence-corrected chi connectivity index (χ1v) is 11.0. The number of esters is 1. The van der Waals surface area contributed by atoms with Crippen LogP contribution in [-0.2, 0) is 9.53 Å². The number of rotatable bonds is 6. The van der Waals surface area contributed by atoms with Crippen LogP contribution in [0.25, 0.3) is 23.9 Å². The van der Waals surface area contributed by atoms with Gasteiger partial charge in [0.1, 0.15) is 0 Å². The summed E-state index contributed by atoms with van der Waals surface area (Å²) in [5.74, 6) is 0.117. The Kier molecular flexibility index (Phi) is 6.66. The second-order valence-electron chi connectivity index (χ2n) is 8.19. The smallest absolute Gasteiger partial charge is 0.337 e. The quantitative estimate of drug-likeness (QED) is 0.548. The lowest BCUT2D eigenvalue weighted by molar-refractivity contribution is -0.140. The van der Waals surface area contributed by atoms with Crippen molar-refractivity contribution in [3.05, 3.63) is 87.7 Å². The van der Waals surface area contributed by atoms with Crippen molar-refractivity contribution < 1.29 is 9.53 Å². The number of carbonyl (C=O) groups excluding carboxylic acids is 1. The number of aryl methyl sites for hydroxylation is 1. The van der Waals surface area contributed by atoms with Gasteiger partial charge in [-0.05, 0) is 72.3 Å². The van der Waals surface area contributed by atoms with Crippen molar-refractivity contribution in [2.75, 3.05) is 19.7 Å². The van der Waals surface area contributed by atoms with Crippen LogP contribution in [0.1, 0.15) is 30.3 Å². The van der Waals surface area contributed by atoms with E-state index in [-0.39, 0.29) is 5.97 Å². The molecule has 1 saturated heterocycles. The summed E-state index contributed by atoms with van der Waals surface area (Å²) in [5, 5.41) is 8.32. The zero-order valence-corrected chi connectivity index (χ0v) is 18.7. The van der Waals surface area contributed by atoms with Gasteiger partial charge in [-0.25, -0.2) is 4.79 Å². The number of hydrogen-bond acceptors (Lipinski definition) is 5. The maximum atomic E-state index is 12.6. The third-order valence-corrected chi connectivity index (χ3v) is 5.78. The lowest BCUT2D eigenvalue weighted by Gasteiger charge is -2.26. The van der Waals surface area contributed by atoms with Gasteiger partial charge in [0.2, 0.25) is 0 Å². The van der Waals surface area contributed by atoms with E-state index < -0.39 is 0 Å². The summed E-state index contributed by atoms with van der Waals surface area (Å²) in [4.78, 5) is 17.3. The van der Waals surface area contributed by atoms with Crippen LogP contribution in [0, 0.1) is 12.8 Å². The Hall–Kier alpha value is -3.44. The molecule has 4 rings (SSSR count). The summed E-state index contributed by atoms with van der Waals surface area (Å²) in [6.07, 6.45) is 8.50. The maximum absolute atomic E-state index is 12.6. The maximum Gasteiger partial charge on any atom is 0.337 e. The van der Waals surface area contributed by atoms with E-state index in [1.807, 2.05) is 50.4 Å². The molecule has 2 N–H and O–H groups in total. The number of benzene rings is 1. The summed E-state index contributed by atoms with van der Waals surface area (Å²) in [6.45, 7) is 10.3. The predicted octanol–water partition coefficient (Wildman–Crippen LogP) is 2.67. The molecule has 164 valence electrons. The Labute approximate surface area is 188 Å². The van der Waals surface area contributed by atoms with Crippen molar-refractivity contribution in [1.82, 2.24) is 15.6 Å². The van der Waals surface area contributed by atoms with Gasteiger partial charge in [-0.3, -0.25) is 4.98 Å². The molecule has 5 nitrogen and oxygen atoms in total. The topological polar surface area (TPSA) is 63.2 Å². The minimum Gasteiger partial charge on any atom is -0.462 e. The van der Waals surface area contributed by atoms with Crippen molar-refractivity contribution in [3.63, 3.8) is 0 Å². The van der Waals surface area contributed by atoms with Crippen LogP contribution in [0.4, 0.5) is 0 Å². The van der Waals surface area contributed by atoms with Crippen LogP contribution in [0.2, 0.25) is 0 Å². The highest BCUT2D eigenvalue weighted by atomic mass is 16.5. The molecule has 2 aliphatic rings. The van der Waals surface area contributed by atoms with E-state index in [1.165, 1.54) is 0 Å². The summed E-state index contributed by atoms with van der Waals surface area (Å²) in [5.41, 5.74) is 5.65. The molecule has 0 bridgehead atoms. The van der Waals surface area contributed by atoms with Gasteiger partial charge in [0.25, 0.3) is 0 Å². The second-order valence-corrected chi connectivity index (χ2v) is 8.19. The molecule has 1 aromatic heterocycles. The largest absolute Gasteiger partial charge is 0.462 e. The number of hydrogen-bond donors (Lipinski definition) is 2. The molecule has 5 heteroatoms. The number of allylic oxidation sites excluding steroid dienone is 3. The number of aromatic nitrogens is 1. The number of nitrogens with one attached hydrogen (secondary N) is 2. The zero-order chi connectivity index (χ0) is 22.5. The molecule has 0 unspecified atom stereocenters. The van der Waals surface area contributed by atoms with E-state index in [2.05, 4.69) is 35.4 Å². The summed E-state index contributed by atoms with van der Waals surface area (Å²) in [6, 6.07) is 12.2. The zero-order valence-electron chi connectivity index (χ0n) is 18.7. The molecule has 1 fully saturated rings. The minimum atomic E-state index is -0.296. The minimum absolute atomic E-state index is 0.296. The molecule has 1 aromatic carbocycles. The van der Waals surface area contributed by atoms with E-state index in [0.29, 0.717) is 18.1 Å². The average Bonchev–Trinajstić information content (AvgIpc) is 2.77. The Morgan fingerprint density at radius 2 is 2.12 bits per heavy atom. The molecular weight excluding hydrogens is 398 g/mol. The summed E-state index contributed by atoms with van der Waals surface area (Å²) in [7, 11) is 0. The molecular formula is C27H29N3O2. The van der Waals surface area contributed by atoms with Crippen molar-refractivity contribution in [3.8, 4) is 0 Å². The lowest BCUT2D eigenvalue weighted by Crippen LogP contribution is -2.44. The monoisotopic (exact) mass is 427 g/mol. The van der Waals surface area contributed by atoms with Crippen molar-refractivity contribution in [2.24, 2.45) is 5.92 Å². The first kappa shape index (κ1) is 21.8. The van der Waals surface area contributed by atoms with Crippen LogP contribution < -0.4 is 21.1 Å². The van der Waals surface area contributed by atoms with E-state index >= 15 is 0 Å². The van der Waals surface area contributed by atoms with E-state index in [0.717, 1.165) is 58.2 Å². The second kappa shape index (κ2) is 9.79. The summed E-state index contributed by atoms with van der Waals surface area (Å²) < 4.78 is 5.51. The van der Waals surface area contributed by atoms with Gasteiger partial charge < -0.3 is 15.4 Å². The van der Waals surface area contributed by atoms with E-state index in [4.69, 9.17) is 9.72 Å². The Morgan fingerprint density at radius 3 is 2.84 bits per heavy atom. The van der Waals surface area contributed by atoms with Gasteiger partial charge in [-0.15, -0.1) is 0 Å². The lowest BCUT2D eigenvalue weighted by atomic mass is 9.95. The molecule has 0 amide bonds. The number of pyridine rings is 1. The molecule has 2 aromatic rings. The molecule has 0 atom stereocenters. The molecule has 0 spiro atoms. The van der Waals surface area contributed by atoms with Gasteiger partial charge in [-0.1, -0.05) is 36.9 Å². The van der Waals surface area contributed by atoms with Crippen LogP contribution in [0.5, 0.6) is 0 Å². The van der Waals surface area contributed by atoms with Crippen molar-refractivity contribution in [1.29, 1.82) is 0 Å². The van der Waals surface area contributed by atoms with Crippen LogP contribution >= 0.6 is 0 Å². The van der Waals surface area contributed by atoms with Crippen LogP contribution in [0.15, 0.2) is 60.3 Å².